The molecule has 8 nitrogen and oxygen atoms in total. The number of sulfonamides is 1. The molecule has 24 heavy (non-hydrogen) atoms. The van der Waals surface area contributed by atoms with Crippen LogP contribution in [0.15, 0.2) is 23.1 Å². The Labute approximate surface area is 141 Å². The number of aryl methyl sites for hydroxylation is 1. The van der Waals surface area contributed by atoms with Crippen LogP contribution in [0.3, 0.4) is 0 Å². The highest BCUT2D eigenvalue weighted by Gasteiger charge is 2.31. The molecule has 2 rings (SSSR count). The van der Waals surface area contributed by atoms with Gasteiger partial charge < -0.3 is 10.5 Å². The molecule has 0 unspecified atom stereocenters. The van der Waals surface area contributed by atoms with Crippen LogP contribution in [0.4, 0.5) is 5.69 Å². The molecule has 2 N–H and O–H groups in total. The van der Waals surface area contributed by atoms with Gasteiger partial charge in [-0.25, -0.2) is 8.42 Å². The first-order valence-corrected chi connectivity index (χ1v) is 9.37. The molecule has 1 heterocycles. The molecule has 9 heteroatoms. The van der Waals surface area contributed by atoms with Crippen molar-refractivity contribution in [2.45, 2.75) is 37.2 Å². The van der Waals surface area contributed by atoms with E-state index in [1.54, 1.807) is 6.92 Å². The lowest BCUT2D eigenvalue weighted by atomic mass is 10.1. The highest BCUT2D eigenvalue weighted by molar-refractivity contribution is 7.89. The van der Waals surface area contributed by atoms with Crippen molar-refractivity contribution in [1.82, 2.24) is 4.31 Å². The van der Waals surface area contributed by atoms with E-state index in [0.29, 0.717) is 44.6 Å². The predicted molar refractivity (Wildman–Crippen MR) is 89.2 cm³/mol. The lowest BCUT2D eigenvalue weighted by Gasteiger charge is -2.31. The summed E-state index contributed by atoms with van der Waals surface area (Å²) < 4.78 is 32.6. The third-order valence-corrected chi connectivity index (χ3v) is 6.15. The molecule has 0 aromatic heterocycles. The standard InChI is InChI=1S/C15H23N3O5S/c1-12-11-13(18(19)20)3-4-15(12)24(21,22)17-8-5-14(6-9-17)23-10-2-7-16/h3-4,11,14H,2,5-10,16H2,1H3. The fourth-order valence-electron chi connectivity index (χ4n) is 2.75. The summed E-state index contributed by atoms with van der Waals surface area (Å²) in [6, 6.07) is 3.82. The minimum Gasteiger partial charge on any atom is -0.378 e. The summed E-state index contributed by atoms with van der Waals surface area (Å²) in [6.45, 7) is 3.50. The Morgan fingerprint density at radius 3 is 2.58 bits per heavy atom. The van der Waals surface area contributed by atoms with E-state index in [4.69, 9.17) is 10.5 Å². The van der Waals surface area contributed by atoms with Crippen LogP contribution in [0.25, 0.3) is 0 Å². The molecule has 0 spiro atoms. The van der Waals surface area contributed by atoms with Gasteiger partial charge in [0.15, 0.2) is 0 Å². The molecule has 1 aromatic rings. The van der Waals surface area contributed by atoms with E-state index in [-0.39, 0.29) is 16.7 Å². The van der Waals surface area contributed by atoms with Gasteiger partial charge in [-0.1, -0.05) is 0 Å². The van der Waals surface area contributed by atoms with Gasteiger partial charge in [0.1, 0.15) is 0 Å². The van der Waals surface area contributed by atoms with Crippen LogP contribution in [-0.4, -0.2) is 50.0 Å². The topological polar surface area (TPSA) is 116 Å². The summed E-state index contributed by atoms with van der Waals surface area (Å²) in [4.78, 5) is 10.4. The third-order valence-electron chi connectivity index (χ3n) is 4.09. The van der Waals surface area contributed by atoms with Gasteiger partial charge in [0.05, 0.1) is 15.9 Å². The number of hydrogen-bond donors (Lipinski definition) is 1. The number of benzene rings is 1. The third kappa shape index (κ3) is 4.29. The molecule has 0 saturated carbocycles. The normalized spacial score (nSPS) is 17.1. The average molecular weight is 357 g/mol. The Bertz CT molecular complexity index is 684. The van der Waals surface area contributed by atoms with Crippen molar-refractivity contribution in [3.8, 4) is 0 Å². The Kier molecular flexibility index (Phi) is 6.27. The van der Waals surface area contributed by atoms with Crippen molar-refractivity contribution < 1.29 is 18.1 Å². The number of nitro groups is 1. The molecule has 1 saturated heterocycles. The minimum absolute atomic E-state index is 0.0564. The zero-order valence-electron chi connectivity index (χ0n) is 13.7. The number of non-ortho nitro benzene ring substituents is 1. The van der Waals surface area contributed by atoms with E-state index in [2.05, 4.69) is 0 Å². The molecular formula is C15H23N3O5S. The SMILES string of the molecule is Cc1cc([N+](=O)[O-])ccc1S(=O)(=O)N1CCC(OCCCN)CC1. The van der Waals surface area contributed by atoms with E-state index in [1.165, 1.54) is 22.5 Å². The smallest absolute Gasteiger partial charge is 0.269 e. The van der Waals surface area contributed by atoms with Crippen molar-refractivity contribution in [2.24, 2.45) is 5.73 Å². The highest BCUT2D eigenvalue weighted by atomic mass is 32.2. The second kappa shape index (κ2) is 8.02. The zero-order chi connectivity index (χ0) is 17.7. The van der Waals surface area contributed by atoms with Gasteiger partial charge in [-0.15, -0.1) is 0 Å². The first kappa shape index (κ1) is 18.8. The maximum atomic E-state index is 12.8. The fourth-order valence-corrected chi connectivity index (χ4v) is 4.42. The number of hydrogen-bond acceptors (Lipinski definition) is 6. The molecule has 1 aliphatic heterocycles. The number of rotatable bonds is 7. The van der Waals surface area contributed by atoms with Gasteiger partial charge >= 0.3 is 0 Å². The number of nitro benzene ring substituents is 1. The lowest BCUT2D eigenvalue weighted by Crippen LogP contribution is -2.41. The van der Waals surface area contributed by atoms with Gasteiger partial charge in [-0.05, 0) is 44.4 Å². The minimum atomic E-state index is -3.65. The monoisotopic (exact) mass is 357 g/mol. The average Bonchev–Trinajstić information content (AvgIpc) is 2.55. The molecule has 0 bridgehead atoms. The van der Waals surface area contributed by atoms with E-state index in [1.807, 2.05) is 0 Å². The van der Waals surface area contributed by atoms with Gasteiger partial charge in [0.25, 0.3) is 5.69 Å². The molecule has 0 radical (unpaired) electrons. The molecule has 1 fully saturated rings. The first-order valence-electron chi connectivity index (χ1n) is 7.93. The highest BCUT2D eigenvalue weighted by Crippen LogP contribution is 2.26. The summed E-state index contributed by atoms with van der Waals surface area (Å²) in [5, 5.41) is 10.8. The molecule has 0 amide bonds. The van der Waals surface area contributed by atoms with Crippen LogP contribution in [0.5, 0.6) is 0 Å². The molecule has 0 atom stereocenters. The largest absolute Gasteiger partial charge is 0.378 e. The van der Waals surface area contributed by atoms with Gasteiger partial charge in [0, 0.05) is 31.8 Å². The van der Waals surface area contributed by atoms with E-state index in [0.717, 1.165) is 6.42 Å². The molecule has 134 valence electrons. The summed E-state index contributed by atoms with van der Waals surface area (Å²) in [5.41, 5.74) is 5.69. The quantitative estimate of drug-likeness (QED) is 0.448. The van der Waals surface area contributed by atoms with Crippen molar-refractivity contribution >= 4 is 15.7 Å². The van der Waals surface area contributed by atoms with Gasteiger partial charge in [-0.2, -0.15) is 4.31 Å². The van der Waals surface area contributed by atoms with Crippen LogP contribution in [-0.2, 0) is 14.8 Å². The second-order valence-electron chi connectivity index (χ2n) is 5.82. The Morgan fingerprint density at radius 2 is 2.04 bits per heavy atom. The van der Waals surface area contributed by atoms with Crippen LogP contribution in [0, 0.1) is 17.0 Å². The van der Waals surface area contributed by atoms with Crippen molar-refractivity contribution in [1.29, 1.82) is 0 Å². The second-order valence-corrected chi connectivity index (χ2v) is 7.73. The summed E-state index contributed by atoms with van der Waals surface area (Å²) in [6.07, 6.45) is 2.12. The number of piperidine rings is 1. The van der Waals surface area contributed by atoms with Crippen LogP contribution in [0.2, 0.25) is 0 Å². The summed E-state index contributed by atoms with van der Waals surface area (Å²) in [7, 11) is -3.65. The Balaban J connectivity index is 2.05. The summed E-state index contributed by atoms with van der Waals surface area (Å²) in [5.74, 6) is 0. The van der Waals surface area contributed by atoms with Crippen LogP contribution in [0.1, 0.15) is 24.8 Å². The van der Waals surface area contributed by atoms with Gasteiger partial charge in [-0.3, -0.25) is 10.1 Å². The Morgan fingerprint density at radius 1 is 1.38 bits per heavy atom. The van der Waals surface area contributed by atoms with Crippen molar-refractivity contribution in [3.05, 3.63) is 33.9 Å². The number of nitrogens with zero attached hydrogens (tertiary/aromatic N) is 2. The lowest BCUT2D eigenvalue weighted by molar-refractivity contribution is -0.385. The van der Waals surface area contributed by atoms with E-state index < -0.39 is 14.9 Å². The van der Waals surface area contributed by atoms with Crippen molar-refractivity contribution in [2.75, 3.05) is 26.2 Å². The van der Waals surface area contributed by atoms with Crippen LogP contribution >= 0.6 is 0 Å². The summed E-state index contributed by atoms with van der Waals surface area (Å²) >= 11 is 0. The molecular weight excluding hydrogens is 334 g/mol. The molecule has 1 aliphatic rings. The van der Waals surface area contributed by atoms with E-state index >= 15 is 0 Å². The Hall–Kier alpha value is -1.55. The first-order chi connectivity index (χ1) is 11.4. The zero-order valence-corrected chi connectivity index (χ0v) is 14.5. The number of nitrogens with two attached hydrogens (primary N) is 1. The van der Waals surface area contributed by atoms with Gasteiger partial charge in [0.2, 0.25) is 10.0 Å². The maximum Gasteiger partial charge on any atom is 0.269 e. The number of ether oxygens (including phenoxy) is 1. The van der Waals surface area contributed by atoms with E-state index in [9.17, 15) is 18.5 Å². The predicted octanol–water partition coefficient (Wildman–Crippen LogP) is 1.42. The maximum absolute atomic E-state index is 12.8. The molecule has 0 aliphatic carbocycles. The van der Waals surface area contributed by atoms with Crippen LogP contribution < -0.4 is 5.73 Å². The fraction of sp³-hybridized carbons (Fsp3) is 0.600. The van der Waals surface area contributed by atoms with Crippen molar-refractivity contribution in [3.63, 3.8) is 0 Å². The molecule has 1 aromatic carbocycles.